The van der Waals surface area contributed by atoms with Crippen molar-refractivity contribution in [3.63, 3.8) is 0 Å². The first-order valence-electron chi connectivity index (χ1n) is 24.8. The fourth-order valence-corrected chi connectivity index (χ4v) is 14.6. The van der Waals surface area contributed by atoms with E-state index in [4.69, 9.17) is 4.43 Å². The van der Waals surface area contributed by atoms with E-state index in [9.17, 15) is 52.3 Å². The van der Waals surface area contributed by atoms with Gasteiger partial charge in [-0.3, -0.25) is 9.59 Å². The van der Waals surface area contributed by atoms with Crippen molar-refractivity contribution in [1.29, 1.82) is 10.5 Å². The Kier molecular flexibility index (Phi) is 23.4. The van der Waals surface area contributed by atoms with Gasteiger partial charge in [0.05, 0.1) is 35.7 Å². The summed E-state index contributed by atoms with van der Waals surface area (Å²) in [5.41, 5.74) is -0.190. The minimum Gasteiger partial charge on any atom is -0.411 e. The van der Waals surface area contributed by atoms with Gasteiger partial charge in [-0.25, -0.2) is 35.6 Å². The molecule has 0 spiro atoms. The summed E-state index contributed by atoms with van der Waals surface area (Å²) in [4.78, 5) is 34.8. The number of aliphatic hydroxyl groups excluding tert-OH is 1. The molecule has 0 aliphatic heterocycles. The van der Waals surface area contributed by atoms with Gasteiger partial charge in [0.15, 0.2) is 39.6 Å². The average molecular weight is 1150 g/mol. The molecule has 21 heteroatoms. The molecule has 0 saturated heterocycles. The van der Waals surface area contributed by atoms with Crippen LogP contribution < -0.4 is 0 Å². The van der Waals surface area contributed by atoms with E-state index in [-0.39, 0.29) is 108 Å². The Balaban J connectivity index is 0.000000522. The molecule has 76 heavy (non-hydrogen) atoms. The molecule has 422 valence electrons. The quantitative estimate of drug-likeness (QED) is 0.0620. The predicted octanol–water partition coefficient (Wildman–Crippen LogP) is 11.2. The molecule has 0 amide bonds. The van der Waals surface area contributed by atoms with Crippen LogP contribution in [0.1, 0.15) is 189 Å². The number of sulfone groups is 2. The van der Waals surface area contributed by atoms with E-state index >= 15 is 8.78 Å². The van der Waals surface area contributed by atoms with Gasteiger partial charge in [0.25, 0.3) is 0 Å². The molecule has 2 aromatic heterocycles. The smallest absolute Gasteiger partial charge is 0.196 e. The molecular weight excluding hydrogens is 1070 g/mol. The molecule has 14 nitrogen and oxygen atoms in total. The van der Waals surface area contributed by atoms with Crippen LogP contribution in [0.3, 0.4) is 0 Å². The highest BCUT2D eigenvalue weighted by atomic mass is 32.2. The van der Waals surface area contributed by atoms with Crippen molar-refractivity contribution in [3.05, 3.63) is 89.7 Å². The lowest BCUT2D eigenvalue weighted by Gasteiger charge is -2.36. The molecule has 0 fully saturated rings. The Morgan fingerprint density at radius 1 is 0.684 bits per heavy atom. The fraction of sp³-hybridized carbons (Fsp3) is 0.600. The van der Waals surface area contributed by atoms with Crippen molar-refractivity contribution in [2.75, 3.05) is 11.5 Å². The topological polar surface area (TPSA) is 246 Å². The number of carbonyl (C=O) groups excluding carboxylic acids is 2. The van der Waals surface area contributed by atoms with Crippen LogP contribution in [0.2, 0.25) is 18.1 Å². The molecule has 0 bridgehead atoms. The zero-order valence-electron chi connectivity index (χ0n) is 46.5. The summed E-state index contributed by atoms with van der Waals surface area (Å²) in [5, 5.41) is 49.4. The molecule has 3 N–H and O–H groups in total. The zero-order valence-corrected chi connectivity index (χ0v) is 50.8. The van der Waals surface area contributed by atoms with Crippen molar-refractivity contribution in [1.82, 2.24) is 9.97 Å². The third-order valence-electron chi connectivity index (χ3n) is 12.6. The van der Waals surface area contributed by atoms with E-state index in [1.807, 2.05) is 52.9 Å². The highest BCUT2D eigenvalue weighted by Gasteiger charge is 2.39. The minimum atomic E-state index is -4.16. The number of benzene rings is 2. The molecule has 4 aromatic rings. The first-order chi connectivity index (χ1) is 34.1. The Bertz CT molecular complexity index is 3060. The molecule has 0 aliphatic rings. The van der Waals surface area contributed by atoms with Gasteiger partial charge in [0, 0.05) is 12.8 Å². The van der Waals surface area contributed by atoms with E-state index in [2.05, 4.69) is 30.7 Å². The fourth-order valence-electron chi connectivity index (χ4n) is 7.97. The Morgan fingerprint density at radius 2 is 1.03 bits per heavy atom. The second-order valence-corrected chi connectivity index (χ2v) is 34.3. The number of Topliss-reactive ketones (excluding diaryl/α,β-unsaturated/α-hetero) is 2. The lowest BCUT2D eigenvalue weighted by molar-refractivity contribution is -0.117. The number of aromatic nitrogens is 2. The number of carbonyl (C=O) groups is 2. The summed E-state index contributed by atoms with van der Waals surface area (Å²) in [6.45, 7) is 30.5. The lowest BCUT2D eigenvalue weighted by atomic mass is 9.85. The van der Waals surface area contributed by atoms with Gasteiger partial charge in [0.2, 0.25) is 0 Å². The lowest BCUT2D eigenvalue weighted by Crippen LogP contribution is -2.40. The van der Waals surface area contributed by atoms with E-state index in [0.29, 0.717) is 46.4 Å². The van der Waals surface area contributed by atoms with Crippen molar-refractivity contribution in [2.45, 2.75) is 200 Å². The standard InChI is InChI=1S/C30H45FN2O5S2Si.C24H31FN2O5S2.CH4/c1-18(2)12-20-13-21(15-32)26(31)25(19(3)4)23(20)14-22(34)17-40(36,37)27-24(33-28(39-27)30(8,9)35)16-38-41(10,11)29(5,6)7;1-13(2)7-15-8-16(10-26)21(25)20(14(3)4)18(15)9-17(29)12-34(31,32)22-19(11-28)27-23(33-22)24(5,6)30;/h13,18-19,35H,12,14,16-17H2,1-11H3;8,13-14,28,30H,7,9,11-12H2,1-6H3;1H4. The Labute approximate surface area is 460 Å². The molecule has 0 atom stereocenters. The van der Waals surface area contributed by atoms with Crippen LogP contribution >= 0.6 is 22.7 Å². The summed E-state index contributed by atoms with van der Waals surface area (Å²) in [7, 11) is -10.6. The molecule has 2 aromatic carbocycles. The van der Waals surface area contributed by atoms with Crippen LogP contribution in [0.4, 0.5) is 8.78 Å². The first kappa shape index (κ1) is 67.9. The number of halogens is 2. The number of nitrogens with zero attached hydrogens (tertiary/aromatic N) is 4. The third-order valence-corrected chi connectivity index (χ3v) is 24.5. The maximum absolute atomic E-state index is 15.3. The molecular formula is C55H80F2N4O10S4Si. The molecule has 0 unspecified atom stereocenters. The summed E-state index contributed by atoms with van der Waals surface area (Å²) >= 11 is 1.56. The predicted molar refractivity (Wildman–Crippen MR) is 298 cm³/mol. The number of hydrogen-bond donors (Lipinski definition) is 3. The first-order valence-corrected chi connectivity index (χ1v) is 32.7. The number of aliphatic hydroxyl groups is 3. The molecule has 4 rings (SSSR count). The second kappa shape index (κ2) is 26.2. The SMILES string of the molecule is C.CC(C)Cc1cc(C#N)c(F)c(C(C)C)c1CC(=O)CS(=O)(=O)c1sc(C(C)(C)O)nc1CO.CC(C)Cc1cc(C#N)c(F)c(C(C)C)c1CC(=O)CS(=O)(=O)c1sc(C(C)(C)O)nc1CO[Si](C)(C)C(C)(C)C. The van der Waals surface area contributed by atoms with Crippen LogP contribution in [0.5, 0.6) is 0 Å². The summed E-state index contributed by atoms with van der Waals surface area (Å²) < 4.78 is 89.7. The van der Waals surface area contributed by atoms with E-state index in [1.165, 1.54) is 39.8 Å². The summed E-state index contributed by atoms with van der Waals surface area (Å²) in [5.74, 6) is -4.53. The Morgan fingerprint density at radius 3 is 1.32 bits per heavy atom. The van der Waals surface area contributed by atoms with Crippen LogP contribution in [0, 0.1) is 46.1 Å². The molecule has 0 saturated carbocycles. The number of nitriles is 2. The van der Waals surface area contributed by atoms with Gasteiger partial charge in [-0.15, -0.1) is 22.7 Å². The highest BCUT2D eigenvalue weighted by molar-refractivity contribution is 7.94. The van der Waals surface area contributed by atoms with Crippen LogP contribution in [-0.4, -0.2) is 73.5 Å². The number of ketones is 2. The monoisotopic (exact) mass is 1150 g/mol. The highest BCUT2D eigenvalue weighted by Crippen LogP contribution is 2.40. The largest absolute Gasteiger partial charge is 0.411 e. The number of thiazole rings is 2. The van der Waals surface area contributed by atoms with E-state index < -0.39 is 80.5 Å². The van der Waals surface area contributed by atoms with Crippen molar-refractivity contribution >= 4 is 62.2 Å². The minimum absolute atomic E-state index is 0. The van der Waals surface area contributed by atoms with Crippen molar-refractivity contribution in [3.8, 4) is 12.1 Å². The number of hydrogen-bond acceptors (Lipinski definition) is 16. The molecule has 0 aliphatic carbocycles. The van der Waals surface area contributed by atoms with Crippen LogP contribution in [-0.2, 0) is 83.8 Å². The third kappa shape index (κ3) is 17.2. The van der Waals surface area contributed by atoms with Gasteiger partial charge in [-0.1, -0.05) is 83.6 Å². The van der Waals surface area contributed by atoms with Crippen molar-refractivity contribution in [2.24, 2.45) is 11.8 Å². The Hall–Kier alpha value is -4.16. The second-order valence-electron chi connectivity index (χ2n) is 23.1. The van der Waals surface area contributed by atoms with Crippen LogP contribution in [0.25, 0.3) is 0 Å². The average Bonchev–Trinajstić information content (AvgIpc) is 3.91. The summed E-state index contributed by atoms with van der Waals surface area (Å²) in [6.07, 6.45) is 0.443. The zero-order chi connectivity index (χ0) is 57.7. The van der Waals surface area contributed by atoms with Crippen LogP contribution in [0.15, 0.2) is 20.6 Å². The maximum Gasteiger partial charge on any atom is 0.196 e. The van der Waals surface area contributed by atoms with Gasteiger partial charge in [0.1, 0.15) is 64.9 Å². The molecule has 2 heterocycles. The van der Waals surface area contributed by atoms with Gasteiger partial charge < -0.3 is 19.7 Å². The van der Waals surface area contributed by atoms with Gasteiger partial charge >= 0.3 is 0 Å². The van der Waals surface area contributed by atoms with Gasteiger partial charge in [-0.05, 0) is 128 Å². The van der Waals surface area contributed by atoms with E-state index in [1.54, 1.807) is 27.7 Å². The number of rotatable bonds is 22. The maximum atomic E-state index is 15.3. The van der Waals surface area contributed by atoms with Crippen molar-refractivity contribution < 1.29 is 55.0 Å². The van der Waals surface area contributed by atoms with E-state index in [0.717, 1.165) is 11.3 Å². The van der Waals surface area contributed by atoms with Gasteiger partial charge in [-0.2, -0.15) is 10.5 Å². The summed E-state index contributed by atoms with van der Waals surface area (Å²) in [6, 6.07) is 6.70. The molecule has 0 radical (unpaired) electrons. The normalized spacial score (nSPS) is 12.7.